The molecule has 1 aromatic carbocycles. The summed E-state index contributed by atoms with van der Waals surface area (Å²) in [5.74, 6) is -1.89. The zero-order valence-corrected chi connectivity index (χ0v) is 22.4. The number of nitrogens with one attached hydrogen (secondary N) is 1. The van der Waals surface area contributed by atoms with Crippen molar-refractivity contribution in [3.63, 3.8) is 0 Å². The maximum Gasteiger partial charge on any atom is 0.387 e. The number of rotatable bonds is 7. The average molecular weight is 587 g/mol. The number of aromatic nitrogens is 5. The number of fused-ring (bicyclic) bond motifs is 1. The quantitative estimate of drug-likeness (QED) is 0.288. The Morgan fingerprint density at radius 1 is 1.24 bits per heavy atom. The van der Waals surface area contributed by atoms with Crippen LogP contribution in [-0.4, -0.2) is 61.0 Å². The molecule has 0 radical (unpaired) electrons. The monoisotopic (exact) mass is 586 g/mol. The van der Waals surface area contributed by atoms with Gasteiger partial charge in [0, 0.05) is 42.0 Å². The van der Waals surface area contributed by atoms with Gasteiger partial charge in [-0.15, -0.1) is 5.10 Å². The number of amides is 1. The number of halogens is 3. The molecule has 1 spiro atoms. The molecule has 0 atom stereocenters. The molecule has 11 nitrogen and oxygen atoms in total. The Morgan fingerprint density at radius 2 is 2.02 bits per heavy atom. The highest BCUT2D eigenvalue weighted by molar-refractivity contribution is 6.31. The number of carbonyl (C=O) groups excluding carboxylic acids is 1. The summed E-state index contributed by atoms with van der Waals surface area (Å²) in [4.78, 5) is 17.5. The van der Waals surface area contributed by atoms with E-state index in [9.17, 15) is 18.7 Å². The van der Waals surface area contributed by atoms with Gasteiger partial charge in [-0.25, -0.2) is 9.50 Å². The van der Waals surface area contributed by atoms with E-state index >= 15 is 0 Å². The zero-order chi connectivity index (χ0) is 28.6. The first kappa shape index (κ1) is 27.1. The maximum atomic E-state index is 13.3. The van der Waals surface area contributed by atoms with Gasteiger partial charge in [0.2, 0.25) is 5.88 Å². The predicted molar refractivity (Wildman–Crippen MR) is 143 cm³/mol. The Kier molecular flexibility index (Phi) is 7.32. The third kappa shape index (κ3) is 5.60. The van der Waals surface area contributed by atoms with Crippen LogP contribution in [0.1, 0.15) is 36.0 Å². The van der Waals surface area contributed by atoms with E-state index in [-0.39, 0.29) is 38.9 Å². The normalized spacial score (nSPS) is 16.5. The molecule has 3 aromatic heterocycles. The molecule has 41 heavy (non-hydrogen) atoms. The summed E-state index contributed by atoms with van der Waals surface area (Å²) < 4.78 is 45.6. The molecule has 1 saturated heterocycles. The number of hydrogen-bond acceptors (Lipinski definition) is 8. The van der Waals surface area contributed by atoms with Crippen LogP contribution in [-0.2, 0) is 16.0 Å². The molecular formula is C27H25ClF2N6O5. The van der Waals surface area contributed by atoms with E-state index < -0.39 is 24.2 Å². The summed E-state index contributed by atoms with van der Waals surface area (Å²) in [7, 11) is 0. The molecule has 0 bridgehead atoms. The minimum Gasteiger partial charge on any atom is -0.492 e. The summed E-state index contributed by atoms with van der Waals surface area (Å²) >= 11 is 6.20. The highest BCUT2D eigenvalue weighted by Crippen LogP contribution is 2.39. The van der Waals surface area contributed by atoms with E-state index in [1.807, 2.05) is 6.08 Å². The van der Waals surface area contributed by atoms with E-state index in [1.165, 1.54) is 40.7 Å². The third-order valence-electron chi connectivity index (χ3n) is 7.06. The fourth-order valence-corrected chi connectivity index (χ4v) is 5.29. The van der Waals surface area contributed by atoms with Gasteiger partial charge in [-0.05, 0) is 37.1 Å². The average Bonchev–Trinajstić information content (AvgIpc) is 3.66. The van der Waals surface area contributed by atoms with E-state index in [0.717, 1.165) is 25.7 Å². The molecule has 4 aromatic rings. The largest absolute Gasteiger partial charge is 0.492 e. The number of nitrogens with zero attached hydrogens (tertiary/aromatic N) is 5. The van der Waals surface area contributed by atoms with Crippen LogP contribution in [0, 0.1) is 0 Å². The number of anilines is 1. The van der Waals surface area contributed by atoms with Gasteiger partial charge in [0.25, 0.3) is 5.91 Å². The minimum absolute atomic E-state index is 0.135. The number of carbonyl (C=O) groups is 1. The van der Waals surface area contributed by atoms with Crippen LogP contribution >= 0.6 is 11.6 Å². The van der Waals surface area contributed by atoms with E-state index in [4.69, 9.17) is 25.8 Å². The summed E-state index contributed by atoms with van der Waals surface area (Å²) in [5, 5.41) is 21.8. The Morgan fingerprint density at radius 3 is 2.78 bits per heavy atom. The third-order valence-corrected chi connectivity index (χ3v) is 7.30. The highest BCUT2D eigenvalue weighted by Gasteiger charge is 2.38. The van der Waals surface area contributed by atoms with Crippen molar-refractivity contribution >= 4 is 28.8 Å². The van der Waals surface area contributed by atoms with Crippen LogP contribution in [0.25, 0.3) is 16.9 Å². The molecule has 214 valence electrons. The smallest absolute Gasteiger partial charge is 0.387 e. The number of hydrogen-bond donors (Lipinski definition) is 2. The molecule has 1 saturated carbocycles. The predicted octanol–water partition coefficient (Wildman–Crippen LogP) is 5.05. The first-order valence-electron chi connectivity index (χ1n) is 12.9. The Labute approximate surface area is 237 Å². The number of ether oxygens (including phenoxy) is 3. The Hall–Kier alpha value is -4.07. The molecular weight excluding hydrogens is 562 g/mol. The SMILES string of the molecule is O=C(Nc1cn(CC=C2CCC3(CC2)OCCO3)nc1-c1cc(Cl)ccc1OC(F)F)c1c(O)nn2cccnc12. The number of aromatic hydroxyl groups is 1. The summed E-state index contributed by atoms with van der Waals surface area (Å²) in [6.45, 7) is -1.53. The fraction of sp³-hybridized carbons (Fsp3) is 0.333. The van der Waals surface area contributed by atoms with Crippen LogP contribution in [0.15, 0.2) is 54.5 Å². The molecule has 1 aliphatic heterocycles. The summed E-state index contributed by atoms with van der Waals surface area (Å²) in [6, 6.07) is 5.75. The van der Waals surface area contributed by atoms with E-state index in [2.05, 4.69) is 20.5 Å². The van der Waals surface area contributed by atoms with Crippen LogP contribution in [0.2, 0.25) is 5.02 Å². The van der Waals surface area contributed by atoms with Crippen molar-refractivity contribution in [3.05, 3.63) is 65.1 Å². The highest BCUT2D eigenvalue weighted by atomic mass is 35.5. The standard InChI is InChI=1S/C27H25ClF2N6O5/c28-17-2-3-20(41-26(29)30)18(14-17)22-19(32-24(37)21-23-31-9-1-10-36(23)34-25(21)38)15-35(33-22)11-6-16-4-7-27(8-5-16)39-12-13-40-27/h1-3,6,9-10,14-15,26H,4-5,7-8,11-13H2,(H,32,37)(H,34,38). The molecule has 0 unspecified atom stereocenters. The van der Waals surface area contributed by atoms with Crippen LogP contribution in [0.3, 0.4) is 0 Å². The maximum absolute atomic E-state index is 13.3. The first-order chi connectivity index (χ1) is 19.8. The summed E-state index contributed by atoms with van der Waals surface area (Å²) in [6.07, 6.45) is 9.74. The molecule has 4 heterocycles. The van der Waals surface area contributed by atoms with Gasteiger partial charge in [0.15, 0.2) is 11.4 Å². The van der Waals surface area contributed by atoms with Crippen molar-refractivity contribution in [1.29, 1.82) is 0 Å². The van der Waals surface area contributed by atoms with Crippen molar-refractivity contribution in [2.75, 3.05) is 18.5 Å². The molecule has 2 fully saturated rings. The first-order valence-corrected chi connectivity index (χ1v) is 13.3. The lowest BCUT2D eigenvalue weighted by Crippen LogP contribution is -2.33. The van der Waals surface area contributed by atoms with Crippen LogP contribution < -0.4 is 10.1 Å². The van der Waals surface area contributed by atoms with E-state index in [1.54, 1.807) is 16.9 Å². The van der Waals surface area contributed by atoms with Gasteiger partial charge in [0.1, 0.15) is 17.0 Å². The van der Waals surface area contributed by atoms with E-state index in [0.29, 0.717) is 19.8 Å². The van der Waals surface area contributed by atoms with Gasteiger partial charge < -0.3 is 24.6 Å². The number of allylic oxidation sites excluding steroid dienone is 2. The second kappa shape index (κ2) is 11.1. The Bertz CT molecular complexity index is 1620. The second-order valence-electron chi connectivity index (χ2n) is 9.64. The van der Waals surface area contributed by atoms with Crippen LogP contribution in [0.5, 0.6) is 11.6 Å². The van der Waals surface area contributed by atoms with Gasteiger partial charge in [-0.3, -0.25) is 9.48 Å². The lowest BCUT2D eigenvalue weighted by atomic mass is 9.89. The number of alkyl halides is 2. The molecule has 1 aliphatic carbocycles. The summed E-state index contributed by atoms with van der Waals surface area (Å²) in [5.41, 5.74) is 1.67. The lowest BCUT2D eigenvalue weighted by Gasteiger charge is -2.32. The van der Waals surface area contributed by atoms with Gasteiger partial charge in [-0.1, -0.05) is 23.3 Å². The second-order valence-corrected chi connectivity index (χ2v) is 10.1. The van der Waals surface area contributed by atoms with Crippen molar-refractivity contribution in [3.8, 4) is 22.9 Å². The molecule has 2 aliphatic rings. The molecule has 2 N–H and O–H groups in total. The van der Waals surface area contributed by atoms with Crippen molar-refractivity contribution in [2.45, 2.75) is 44.6 Å². The van der Waals surface area contributed by atoms with Crippen molar-refractivity contribution in [2.24, 2.45) is 0 Å². The topological polar surface area (TPSA) is 125 Å². The number of benzene rings is 1. The van der Waals surface area contributed by atoms with Crippen molar-refractivity contribution in [1.82, 2.24) is 24.4 Å². The van der Waals surface area contributed by atoms with Gasteiger partial charge in [-0.2, -0.15) is 13.9 Å². The molecule has 14 heteroatoms. The van der Waals surface area contributed by atoms with Crippen LogP contribution in [0.4, 0.5) is 14.5 Å². The fourth-order valence-electron chi connectivity index (χ4n) is 5.12. The Balaban J connectivity index is 1.32. The van der Waals surface area contributed by atoms with Crippen molar-refractivity contribution < 1.29 is 32.9 Å². The van der Waals surface area contributed by atoms with Gasteiger partial charge >= 0.3 is 6.61 Å². The molecule has 6 rings (SSSR count). The zero-order valence-electron chi connectivity index (χ0n) is 21.6. The minimum atomic E-state index is -3.09. The molecule has 1 amide bonds. The van der Waals surface area contributed by atoms with Gasteiger partial charge in [0.05, 0.1) is 25.4 Å². The lowest BCUT2D eigenvalue weighted by molar-refractivity contribution is -0.171.